The first kappa shape index (κ1) is 23.3. The number of rotatable bonds is 10. The lowest BCUT2D eigenvalue weighted by Gasteiger charge is -2.25. The number of carbonyl (C=O) groups is 1. The van der Waals surface area contributed by atoms with Crippen LogP contribution in [0.1, 0.15) is 18.1 Å². The fraction of sp³-hybridized carbons (Fsp3) is 0.240. The second-order valence-electron chi connectivity index (χ2n) is 7.31. The third kappa shape index (κ3) is 5.88. The second-order valence-corrected chi connectivity index (χ2v) is 9.17. The standard InChI is InChI=1S/C25H28N2O4S/c1-3-21-13-15-22(16-14-21)31-18-17-26-25(28)19-27(24-12-8-7-9-20(24)2)32(29,30)23-10-5-4-6-11-23/h4-16H,3,17-19H2,1-2H3,(H,26,28). The van der Waals surface area contributed by atoms with Crippen molar-refractivity contribution in [2.24, 2.45) is 0 Å². The molecule has 6 nitrogen and oxygen atoms in total. The van der Waals surface area contributed by atoms with Gasteiger partial charge in [-0.25, -0.2) is 8.42 Å². The fourth-order valence-corrected chi connectivity index (χ4v) is 4.74. The molecule has 0 aliphatic heterocycles. The molecule has 0 heterocycles. The van der Waals surface area contributed by atoms with Crippen LogP contribution >= 0.6 is 0 Å². The Balaban J connectivity index is 1.67. The molecule has 0 fully saturated rings. The first-order valence-corrected chi connectivity index (χ1v) is 12.0. The van der Waals surface area contributed by atoms with Gasteiger partial charge in [-0.2, -0.15) is 0 Å². The summed E-state index contributed by atoms with van der Waals surface area (Å²) in [6.07, 6.45) is 0.958. The van der Waals surface area contributed by atoms with Gasteiger partial charge >= 0.3 is 0 Å². The summed E-state index contributed by atoms with van der Waals surface area (Å²) in [5.41, 5.74) is 2.46. The van der Waals surface area contributed by atoms with Crippen molar-refractivity contribution in [1.82, 2.24) is 5.32 Å². The molecule has 0 aromatic heterocycles. The van der Waals surface area contributed by atoms with Crippen molar-refractivity contribution in [2.45, 2.75) is 25.2 Å². The summed E-state index contributed by atoms with van der Waals surface area (Å²) in [4.78, 5) is 12.8. The Kier molecular flexibility index (Phi) is 7.89. The SMILES string of the molecule is CCc1ccc(OCCNC(=O)CN(c2ccccc2C)S(=O)(=O)c2ccccc2)cc1. The van der Waals surface area contributed by atoms with E-state index in [1.807, 2.05) is 43.3 Å². The Hall–Kier alpha value is -3.32. The average Bonchev–Trinajstić information content (AvgIpc) is 2.82. The van der Waals surface area contributed by atoms with E-state index in [0.29, 0.717) is 5.69 Å². The van der Waals surface area contributed by atoms with Crippen LogP contribution < -0.4 is 14.4 Å². The molecule has 0 radical (unpaired) electrons. The van der Waals surface area contributed by atoms with Crippen molar-refractivity contribution in [3.63, 3.8) is 0 Å². The molecule has 0 unspecified atom stereocenters. The molecular weight excluding hydrogens is 424 g/mol. The highest BCUT2D eigenvalue weighted by atomic mass is 32.2. The number of carbonyl (C=O) groups excluding carboxylic acids is 1. The van der Waals surface area contributed by atoms with Gasteiger partial charge in [0.25, 0.3) is 10.0 Å². The van der Waals surface area contributed by atoms with Crippen LogP contribution in [-0.4, -0.2) is 34.0 Å². The van der Waals surface area contributed by atoms with Crippen molar-refractivity contribution >= 4 is 21.6 Å². The highest BCUT2D eigenvalue weighted by Crippen LogP contribution is 2.26. The van der Waals surface area contributed by atoms with E-state index in [4.69, 9.17) is 4.74 Å². The maximum absolute atomic E-state index is 13.3. The maximum atomic E-state index is 13.3. The molecular formula is C25H28N2O4S. The molecule has 1 amide bonds. The van der Waals surface area contributed by atoms with Gasteiger partial charge in [-0.1, -0.05) is 55.5 Å². The Morgan fingerprint density at radius 3 is 2.25 bits per heavy atom. The molecule has 0 spiro atoms. The number of nitrogens with one attached hydrogen (secondary N) is 1. The Morgan fingerprint density at radius 2 is 1.59 bits per heavy atom. The van der Waals surface area contributed by atoms with Crippen LogP contribution in [0.2, 0.25) is 0 Å². The number of sulfonamides is 1. The minimum Gasteiger partial charge on any atom is -0.492 e. The van der Waals surface area contributed by atoms with E-state index < -0.39 is 15.9 Å². The summed E-state index contributed by atoms with van der Waals surface area (Å²) in [6.45, 7) is 4.13. The van der Waals surface area contributed by atoms with Crippen LogP contribution in [0.3, 0.4) is 0 Å². The van der Waals surface area contributed by atoms with Gasteiger partial charge in [0, 0.05) is 0 Å². The van der Waals surface area contributed by atoms with Gasteiger partial charge in [0.2, 0.25) is 5.91 Å². The quantitative estimate of drug-likeness (QED) is 0.473. The molecule has 0 saturated carbocycles. The summed E-state index contributed by atoms with van der Waals surface area (Å²) in [7, 11) is -3.91. The number of amides is 1. The summed E-state index contributed by atoms with van der Waals surface area (Å²) in [5.74, 6) is 0.322. The van der Waals surface area contributed by atoms with Crippen LogP contribution in [0.5, 0.6) is 5.75 Å². The Labute approximate surface area is 189 Å². The highest BCUT2D eigenvalue weighted by molar-refractivity contribution is 7.92. The number of hydrogen-bond donors (Lipinski definition) is 1. The van der Waals surface area contributed by atoms with Crippen LogP contribution in [-0.2, 0) is 21.2 Å². The Morgan fingerprint density at radius 1 is 0.938 bits per heavy atom. The number of nitrogens with zero attached hydrogens (tertiary/aromatic N) is 1. The molecule has 0 aliphatic carbocycles. The number of aryl methyl sites for hydroxylation is 2. The van der Waals surface area contributed by atoms with E-state index in [-0.39, 0.29) is 24.6 Å². The van der Waals surface area contributed by atoms with Gasteiger partial charge in [0.1, 0.15) is 18.9 Å². The predicted octanol–water partition coefficient (Wildman–Crippen LogP) is 3.95. The smallest absolute Gasteiger partial charge is 0.264 e. The fourth-order valence-electron chi connectivity index (χ4n) is 3.23. The molecule has 3 aromatic carbocycles. The minimum absolute atomic E-state index is 0.134. The molecule has 3 aromatic rings. The molecule has 7 heteroatoms. The lowest BCUT2D eigenvalue weighted by atomic mass is 10.2. The van der Waals surface area contributed by atoms with Gasteiger partial charge in [-0.15, -0.1) is 0 Å². The Bertz CT molecular complexity index is 1130. The number of ether oxygens (including phenoxy) is 1. The van der Waals surface area contributed by atoms with Crippen molar-refractivity contribution in [3.8, 4) is 5.75 Å². The molecule has 0 saturated heterocycles. The minimum atomic E-state index is -3.91. The molecule has 168 valence electrons. The lowest BCUT2D eigenvalue weighted by Crippen LogP contribution is -2.42. The van der Waals surface area contributed by atoms with Gasteiger partial charge in [-0.05, 0) is 54.8 Å². The zero-order valence-corrected chi connectivity index (χ0v) is 19.1. The zero-order chi connectivity index (χ0) is 23.0. The summed E-state index contributed by atoms with van der Waals surface area (Å²) in [6, 6.07) is 23.0. The predicted molar refractivity (Wildman–Crippen MR) is 126 cm³/mol. The van der Waals surface area contributed by atoms with Crippen molar-refractivity contribution in [1.29, 1.82) is 0 Å². The van der Waals surface area contributed by atoms with E-state index in [9.17, 15) is 13.2 Å². The van der Waals surface area contributed by atoms with Crippen molar-refractivity contribution in [3.05, 3.63) is 90.0 Å². The zero-order valence-electron chi connectivity index (χ0n) is 18.3. The van der Waals surface area contributed by atoms with E-state index >= 15 is 0 Å². The second kappa shape index (κ2) is 10.8. The van der Waals surface area contributed by atoms with Gasteiger partial charge in [0.05, 0.1) is 17.1 Å². The average molecular weight is 453 g/mol. The first-order chi connectivity index (χ1) is 15.4. The highest BCUT2D eigenvalue weighted by Gasteiger charge is 2.27. The number of para-hydroxylation sites is 1. The van der Waals surface area contributed by atoms with E-state index in [1.54, 1.807) is 30.3 Å². The third-order valence-electron chi connectivity index (χ3n) is 5.03. The summed E-state index contributed by atoms with van der Waals surface area (Å²) < 4.78 is 33.4. The lowest BCUT2D eigenvalue weighted by molar-refractivity contribution is -0.119. The largest absolute Gasteiger partial charge is 0.492 e. The van der Waals surface area contributed by atoms with Crippen LogP contribution in [0, 0.1) is 6.92 Å². The van der Waals surface area contributed by atoms with Crippen LogP contribution in [0.4, 0.5) is 5.69 Å². The molecule has 32 heavy (non-hydrogen) atoms. The van der Waals surface area contributed by atoms with Crippen LogP contribution in [0.15, 0.2) is 83.8 Å². The van der Waals surface area contributed by atoms with Gasteiger partial charge < -0.3 is 10.1 Å². The first-order valence-electron chi connectivity index (χ1n) is 10.5. The van der Waals surface area contributed by atoms with Gasteiger partial charge in [-0.3, -0.25) is 9.10 Å². The molecule has 1 N–H and O–H groups in total. The molecule has 0 bridgehead atoms. The number of hydrogen-bond acceptors (Lipinski definition) is 4. The maximum Gasteiger partial charge on any atom is 0.264 e. The van der Waals surface area contributed by atoms with E-state index in [2.05, 4.69) is 12.2 Å². The number of benzene rings is 3. The van der Waals surface area contributed by atoms with E-state index in [1.165, 1.54) is 17.7 Å². The third-order valence-corrected chi connectivity index (χ3v) is 6.80. The normalized spacial score (nSPS) is 11.1. The summed E-state index contributed by atoms with van der Waals surface area (Å²) >= 11 is 0. The molecule has 3 rings (SSSR count). The molecule has 0 atom stereocenters. The van der Waals surface area contributed by atoms with E-state index in [0.717, 1.165) is 22.0 Å². The van der Waals surface area contributed by atoms with Gasteiger partial charge in [0.15, 0.2) is 0 Å². The van der Waals surface area contributed by atoms with Crippen molar-refractivity contribution < 1.29 is 17.9 Å². The monoisotopic (exact) mass is 452 g/mol. The summed E-state index contributed by atoms with van der Waals surface area (Å²) in [5, 5.41) is 2.75. The van der Waals surface area contributed by atoms with Crippen LogP contribution in [0.25, 0.3) is 0 Å². The molecule has 0 aliphatic rings. The van der Waals surface area contributed by atoms with Crippen molar-refractivity contribution in [2.75, 3.05) is 24.0 Å². The number of anilines is 1. The topological polar surface area (TPSA) is 75.7 Å².